The van der Waals surface area contributed by atoms with E-state index >= 15 is 0 Å². The van der Waals surface area contributed by atoms with E-state index in [1.54, 1.807) is 19.2 Å². The van der Waals surface area contributed by atoms with Gasteiger partial charge in [0.25, 0.3) is 0 Å². The lowest BCUT2D eigenvalue weighted by atomic mass is 10.0. The van der Waals surface area contributed by atoms with Crippen molar-refractivity contribution in [2.45, 2.75) is 19.8 Å². The van der Waals surface area contributed by atoms with Gasteiger partial charge in [0.1, 0.15) is 17.2 Å². The number of benzene rings is 2. The van der Waals surface area contributed by atoms with E-state index < -0.39 is 11.6 Å². The number of methoxy groups -OCH3 is 1. The molecule has 0 fully saturated rings. The maximum Gasteiger partial charge on any atom is 0.162 e. The van der Waals surface area contributed by atoms with E-state index in [0.717, 1.165) is 17.7 Å². The van der Waals surface area contributed by atoms with Crippen molar-refractivity contribution in [1.82, 2.24) is 0 Å². The van der Waals surface area contributed by atoms with Crippen LogP contribution in [0.1, 0.15) is 25.3 Å². The van der Waals surface area contributed by atoms with E-state index in [4.69, 9.17) is 9.47 Å². The fourth-order valence-corrected chi connectivity index (χ4v) is 1.91. The fourth-order valence-electron chi connectivity index (χ4n) is 1.91. The predicted octanol–water partition coefficient (Wildman–Crippen LogP) is 4.89. The average molecular weight is 278 g/mol. The van der Waals surface area contributed by atoms with Crippen molar-refractivity contribution < 1.29 is 18.3 Å². The Morgan fingerprint density at radius 2 is 1.55 bits per heavy atom. The lowest BCUT2D eigenvalue weighted by Gasteiger charge is -2.13. The second kappa shape index (κ2) is 5.90. The summed E-state index contributed by atoms with van der Waals surface area (Å²) in [7, 11) is 1.59. The van der Waals surface area contributed by atoms with E-state index in [2.05, 4.69) is 13.8 Å². The molecule has 2 nitrogen and oxygen atoms in total. The van der Waals surface area contributed by atoms with Gasteiger partial charge in [0.15, 0.2) is 11.6 Å². The molecule has 0 aliphatic carbocycles. The highest BCUT2D eigenvalue weighted by Gasteiger charge is 2.10. The van der Waals surface area contributed by atoms with Crippen molar-refractivity contribution in [3.05, 3.63) is 53.6 Å². The van der Waals surface area contributed by atoms with Crippen LogP contribution in [0.4, 0.5) is 8.78 Å². The SMILES string of the molecule is COc1cc(Oc2ccc(F)c(F)c2)ccc1C(C)C. The van der Waals surface area contributed by atoms with Gasteiger partial charge in [0.05, 0.1) is 7.11 Å². The van der Waals surface area contributed by atoms with Gasteiger partial charge in [-0.2, -0.15) is 0 Å². The van der Waals surface area contributed by atoms with Gasteiger partial charge < -0.3 is 9.47 Å². The number of ether oxygens (including phenoxy) is 2. The van der Waals surface area contributed by atoms with Crippen LogP contribution in [0, 0.1) is 11.6 Å². The van der Waals surface area contributed by atoms with Crippen LogP contribution in [-0.2, 0) is 0 Å². The zero-order chi connectivity index (χ0) is 14.7. The van der Waals surface area contributed by atoms with E-state index in [1.165, 1.54) is 6.07 Å². The van der Waals surface area contributed by atoms with Gasteiger partial charge in [0, 0.05) is 12.1 Å². The molecule has 0 amide bonds. The van der Waals surface area contributed by atoms with E-state index in [1.807, 2.05) is 6.07 Å². The lowest BCUT2D eigenvalue weighted by Crippen LogP contribution is -1.95. The highest BCUT2D eigenvalue weighted by molar-refractivity contribution is 5.44. The molecule has 0 unspecified atom stereocenters. The third kappa shape index (κ3) is 3.07. The third-order valence-corrected chi connectivity index (χ3v) is 2.95. The molecule has 0 atom stereocenters. The molecule has 2 rings (SSSR count). The van der Waals surface area contributed by atoms with Crippen LogP contribution in [0.2, 0.25) is 0 Å². The summed E-state index contributed by atoms with van der Waals surface area (Å²) in [6, 6.07) is 8.83. The Balaban J connectivity index is 2.27. The Morgan fingerprint density at radius 3 is 2.15 bits per heavy atom. The highest BCUT2D eigenvalue weighted by Crippen LogP contribution is 2.32. The topological polar surface area (TPSA) is 18.5 Å². The van der Waals surface area contributed by atoms with E-state index in [-0.39, 0.29) is 5.75 Å². The minimum Gasteiger partial charge on any atom is -0.496 e. The normalized spacial score (nSPS) is 10.7. The van der Waals surface area contributed by atoms with Crippen LogP contribution in [0.25, 0.3) is 0 Å². The van der Waals surface area contributed by atoms with Crippen molar-refractivity contribution in [2.75, 3.05) is 7.11 Å². The van der Waals surface area contributed by atoms with Crippen molar-refractivity contribution in [3.8, 4) is 17.2 Å². The van der Waals surface area contributed by atoms with Gasteiger partial charge in [-0.1, -0.05) is 19.9 Å². The molecule has 4 heteroatoms. The Morgan fingerprint density at radius 1 is 0.900 bits per heavy atom. The van der Waals surface area contributed by atoms with Gasteiger partial charge in [0.2, 0.25) is 0 Å². The molecule has 0 aliphatic heterocycles. The van der Waals surface area contributed by atoms with Crippen LogP contribution in [-0.4, -0.2) is 7.11 Å². The summed E-state index contributed by atoms with van der Waals surface area (Å²) in [6.07, 6.45) is 0. The molecule has 2 aromatic rings. The van der Waals surface area contributed by atoms with Crippen molar-refractivity contribution in [1.29, 1.82) is 0 Å². The number of hydrogen-bond acceptors (Lipinski definition) is 2. The summed E-state index contributed by atoms with van der Waals surface area (Å²) >= 11 is 0. The number of halogens is 2. The monoisotopic (exact) mass is 278 g/mol. The van der Waals surface area contributed by atoms with Gasteiger partial charge >= 0.3 is 0 Å². The molecule has 106 valence electrons. The molecule has 0 spiro atoms. The zero-order valence-electron chi connectivity index (χ0n) is 11.6. The van der Waals surface area contributed by atoms with Gasteiger partial charge in [-0.15, -0.1) is 0 Å². The first-order valence-electron chi connectivity index (χ1n) is 6.32. The van der Waals surface area contributed by atoms with Gasteiger partial charge in [-0.3, -0.25) is 0 Å². The summed E-state index contributed by atoms with van der Waals surface area (Å²) in [4.78, 5) is 0. The summed E-state index contributed by atoms with van der Waals surface area (Å²) in [5, 5.41) is 0. The second-order valence-electron chi connectivity index (χ2n) is 4.74. The van der Waals surface area contributed by atoms with Crippen LogP contribution < -0.4 is 9.47 Å². The Labute approximate surface area is 117 Å². The predicted molar refractivity (Wildman–Crippen MR) is 73.5 cm³/mol. The lowest BCUT2D eigenvalue weighted by molar-refractivity contribution is 0.401. The first kappa shape index (κ1) is 14.3. The summed E-state index contributed by atoms with van der Waals surface area (Å²) in [6.45, 7) is 4.13. The number of hydrogen-bond donors (Lipinski definition) is 0. The molecule has 0 radical (unpaired) electrons. The van der Waals surface area contributed by atoms with Gasteiger partial charge in [-0.05, 0) is 29.7 Å². The molecule has 0 saturated carbocycles. The van der Waals surface area contributed by atoms with E-state index in [0.29, 0.717) is 17.4 Å². The fraction of sp³-hybridized carbons (Fsp3) is 0.250. The summed E-state index contributed by atoms with van der Waals surface area (Å²) in [5.74, 6) is -0.0544. The molecule has 0 saturated heterocycles. The third-order valence-electron chi connectivity index (χ3n) is 2.95. The zero-order valence-corrected chi connectivity index (χ0v) is 11.6. The quantitative estimate of drug-likeness (QED) is 0.792. The number of rotatable bonds is 4. The molecule has 20 heavy (non-hydrogen) atoms. The van der Waals surface area contributed by atoms with Crippen LogP contribution >= 0.6 is 0 Å². The molecular formula is C16H16F2O2. The smallest absolute Gasteiger partial charge is 0.162 e. The van der Waals surface area contributed by atoms with E-state index in [9.17, 15) is 8.78 Å². The molecule has 0 aliphatic rings. The Bertz CT molecular complexity index is 609. The van der Waals surface area contributed by atoms with Crippen molar-refractivity contribution in [2.24, 2.45) is 0 Å². The first-order valence-corrected chi connectivity index (χ1v) is 6.32. The standard InChI is InChI=1S/C16H16F2O2/c1-10(2)13-6-4-12(9-16(13)19-3)20-11-5-7-14(17)15(18)8-11/h4-10H,1-3H3. The summed E-state index contributed by atoms with van der Waals surface area (Å²) < 4.78 is 36.8. The molecule has 0 aromatic heterocycles. The van der Waals surface area contributed by atoms with Gasteiger partial charge in [-0.25, -0.2) is 8.78 Å². The maximum absolute atomic E-state index is 13.1. The molecular weight excluding hydrogens is 262 g/mol. The minimum absolute atomic E-state index is 0.239. The summed E-state index contributed by atoms with van der Waals surface area (Å²) in [5.41, 5.74) is 1.06. The largest absolute Gasteiger partial charge is 0.496 e. The second-order valence-corrected chi connectivity index (χ2v) is 4.74. The Hall–Kier alpha value is -2.10. The van der Waals surface area contributed by atoms with Crippen molar-refractivity contribution >= 4 is 0 Å². The van der Waals surface area contributed by atoms with Crippen LogP contribution in [0.3, 0.4) is 0 Å². The Kier molecular flexibility index (Phi) is 4.23. The van der Waals surface area contributed by atoms with Crippen LogP contribution in [0.5, 0.6) is 17.2 Å². The molecule has 0 bridgehead atoms. The molecule has 0 N–H and O–H groups in total. The molecule has 2 aromatic carbocycles. The first-order chi connectivity index (χ1) is 9.51. The molecule has 0 heterocycles. The maximum atomic E-state index is 13.1. The van der Waals surface area contributed by atoms with Crippen LogP contribution in [0.15, 0.2) is 36.4 Å². The van der Waals surface area contributed by atoms with Crippen molar-refractivity contribution in [3.63, 3.8) is 0 Å². The average Bonchev–Trinajstić information content (AvgIpc) is 2.42. The highest BCUT2D eigenvalue weighted by atomic mass is 19.2. The minimum atomic E-state index is -0.937.